The van der Waals surface area contributed by atoms with E-state index in [4.69, 9.17) is 10.00 Å². The van der Waals surface area contributed by atoms with Gasteiger partial charge in [0.15, 0.2) is 5.75 Å². The molecule has 1 aliphatic heterocycles. The second-order valence-electron chi connectivity index (χ2n) is 7.00. The van der Waals surface area contributed by atoms with Gasteiger partial charge in [0.05, 0.1) is 21.8 Å². The fourth-order valence-corrected chi connectivity index (χ4v) is 3.55. The van der Waals surface area contributed by atoms with Crippen molar-refractivity contribution in [1.82, 2.24) is 19.7 Å². The standard InChI is InChI=1S/C21H15BrFN7O2/c22-14-11-26-21(27-12-14)29-5-3-16(4-6-29)32-19-8-20(31)30(28-18(19)10-25)15-2-1-13(9-24)17(23)7-15/h1-2,7-8,11-12,16H,3-6H2. The van der Waals surface area contributed by atoms with Gasteiger partial charge in [-0.15, -0.1) is 5.10 Å². The SMILES string of the molecule is N#Cc1ccc(-n2nc(C#N)c(OC3CCN(c4ncc(Br)cn4)CC3)cc2=O)cc1F. The zero-order chi connectivity index (χ0) is 22.7. The molecule has 0 amide bonds. The molecule has 2 aromatic heterocycles. The molecule has 11 heteroatoms. The van der Waals surface area contributed by atoms with Gasteiger partial charge in [0.2, 0.25) is 11.6 Å². The Bertz CT molecular complexity index is 1290. The van der Waals surface area contributed by atoms with E-state index in [9.17, 15) is 14.4 Å². The molecule has 3 heterocycles. The monoisotopic (exact) mass is 495 g/mol. The molecular weight excluding hydrogens is 481 g/mol. The van der Waals surface area contributed by atoms with Crippen LogP contribution in [0.3, 0.4) is 0 Å². The van der Waals surface area contributed by atoms with Gasteiger partial charge in [0.25, 0.3) is 5.56 Å². The molecule has 0 bridgehead atoms. The number of halogens is 2. The number of hydrogen-bond acceptors (Lipinski definition) is 8. The maximum atomic E-state index is 13.9. The molecule has 0 N–H and O–H groups in total. The van der Waals surface area contributed by atoms with Crippen LogP contribution < -0.4 is 15.2 Å². The Morgan fingerprint density at radius 1 is 1.12 bits per heavy atom. The van der Waals surface area contributed by atoms with Gasteiger partial charge >= 0.3 is 0 Å². The van der Waals surface area contributed by atoms with E-state index in [-0.39, 0.29) is 28.8 Å². The maximum Gasteiger partial charge on any atom is 0.275 e. The lowest BCUT2D eigenvalue weighted by Crippen LogP contribution is -2.39. The first kappa shape index (κ1) is 21.4. The van der Waals surface area contributed by atoms with Crippen molar-refractivity contribution in [1.29, 1.82) is 10.5 Å². The van der Waals surface area contributed by atoms with E-state index in [0.29, 0.717) is 31.9 Å². The van der Waals surface area contributed by atoms with Crippen molar-refractivity contribution < 1.29 is 9.13 Å². The summed E-state index contributed by atoms with van der Waals surface area (Å²) in [5.41, 5.74) is -0.712. The van der Waals surface area contributed by atoms with Crippen molar-refractivity contribution in [3.63, 3.8) is 0 Å². The molecule has 1 saturated heterocycles. The number of ether oxygens (including phenoxy) is 1. The topological polar surface area (TPSA) is 121 Å². The van der Waals surface area contributed by atoms with Gasteiger partial charge in [-0.25, -0.2) is 14.4 Å². The highest BCUT2D eigenvalue weighted by atomic mass is 79.9. The Kier molecular flexibility index (Phi) is 6.10. The minimum absolute atomic E-state index is 0.0845. The van der Waals surface area contributed by atoms with Gasteiger partial charge in [0, 0.05) is 44.4 Å². The van der Waals surface area contributed by atoms with Gasteiger partial charge in [-0.3, -0.25) is 4.79 Å². The molecule has 0 aliphatic carbocycles. The minimum Gasteiger partial charge on any atom is -0.487 e. The molecule has 0 atom stereocenters. The molecule has 0 saturated carbocycles. The molecule has 1 aliphatic rings. The Morgan fingerprint density at radius 3 is 2.47 bits per heavy atom. The summed E-state index contributed by atoms with van der Waals surface area (Å²) in [6.45, 7) is 1.31. The molecule has 32 heavy (non-hydrogen) atoms. The molecule has 160 valence electrons. The predicted molar refractivity (Wildman–Crippen MR) is 115 cm³/mol. The lowest BCUT2D eigenvalue weighted by molar-refractivity contribution is 0.168. The number of nitrogens with zero attached hydrogens (tertiary/aromatic N) is 7. The molecule has 0 unspecified atom stereocenters. The van der Waals surface area contributed by atoms with E-state index >= 15 is 0 Å². The van der Waals surface area contributed by atoms with Crippen molar-refractivity contribution in [2.45, 2.75) is 18.9 Å². The van der Waals surface area contributed by atoms with Crippen molar-refractivity contribution in [2.75, 3.05) is 18.0 Å². The fraction of sp³-hybridized carbons (Fsp3) is 0.238. The normalized spacial score (nSPS) is 13.9. The van der Waals surface area contributed by atoms with Crippen molar-refractivity contribution >= 4 is 21.9 Å². The zero-order valence-electron chi connectivity index (χ0n) is 16.6. The third kappa shape index (κ3) is 4.43. The number of aromatic nitrogens is 4. The smallest absolute Gasteiger partial charge is 0.275 e. The van der Waals surface area contributed by atoms with Crippen LogP contribution in [-0.4, -0.2) is 38.9 Å². The molecule has 0 radical (unpaired) electrons. The van der Waals surface area contributed by atoms with E-state index in [0.717, 1.165) is 15.2 Å². The Morgan fingerprint density at radius 2 is 1.84 bits per heavy atom. The Balaban J connectivity index is 1.50. The van der Waals surface area contributed by atoms with Crippen LogP contribution in [0.4, 0.5) is 10.3 Å². The van der Waals surface area contributed by atoms with Crippen molar-refractivity contribution in [3.05, 3.63) is 68.6 Å². The third-order valence-corrected chi connectivity index (χ3v) is 5.35. The van der Waals surface area contributed by atoms with Crippen LogP contribution in [0, 0.1) is 28.5 Å². The number of hydrogen-bond donors (Lipinski definition) is 0. The van der Waals surface area contributed by atoms with Gasteiger partial charge in [-0.1, -0.05) is 0 Å². The van der Waals surface area contributed by atoms with Crippen LogP contribution in [0.1, 0.15) is 24.1 Å². The third-order valence-electron chi connectivity index (χ3n) is 4.95. The van der Waals surface area contributed by atoms with Gasteiger partial charge in [0.1, 0.15) is 24.1 Å². The first-order chi connectivity index (χ1) is 15.5. The van der Waals surface area contributed by atoms with E-state index in [1.165, 1.54) is 18.2 Å². The minimum atomic E-state index is -0.779. The molecule has 0 spiro atoms. The van der Waals surface area contributed by atoms with Crippen LogP contribution in [-0.2, 0) is 0 Å². The van der Waals surface area contributed by atoms with Crippen LogP contribution in [0.5, 0.6) is 5.75 Å². The van der Waals surface area contributed by atoms with Crippen LogP contribution in [0.15, 0.2) is 45.9 Å². The first-order valence-corrected chi connectivity index (χ1v) is 10.4. The maximum absolute atomic E-state index is 13.9. The van der Waals surface area contributed by atoms with Crippen molar-refractivity contribution in [2.24, 2.45) is 0 Å². The molecule has 9 nitrogen and oxygen atoms in total. The quantitative estimate of drug-likeness (QED) is 0.541. The van der Waals surface area contributed by atoms with Gasteiger partial charge < -0.3 is 9.64 Å². The summed E-state index contributed by atoms with van der Waals surface area (Å²) in [5, 5.41) is 22.4. The summed E-state index contributed by atoms with van der Waals surface area (Å²) in [4.78, 5) is 23.2. The second kappa shape index (κ2) is 9.12. The number of piperidine rings is 1. The molecule has 3 aromatic rings. The summed E-state index contributed by atoms with van der Waals surface area (Å²) < 4.78 is 21.6. The van der Waals surface area contributed by atoms with Crippen LogP contribution in [0.2, 0.25) is 0 Å². The summed E-state index contributed by atoms with van der Waals surface area (Å²) >= 11 is 3.31. The first-order valence-electron chi connectivity index (χ1n) is 9.62. The molecule has 4 rings (SSSR count). The zero-order valence-corrected chi connectivity index (χ0v) is 18.2. The molecule has 1 aromatic carbocycles. The molecule has 1 fully saturated rings. The average molecular weight is 496 g/mol. The number of rotatable bonds is 4. The van der Waals surface area contributed by atoms with Gasteiger partial charge in [-0.2, -0.15) is 15.2 Å². The van der Waals surface area contributed by atoms with Crippen molar-refractivity contribution in [3.8, 4) is 23.6 Å². The number of anilines is 1. The number of nitriles is 2. The summed E-state index contributed by atoms with van der Waals surface area (Å²) in [5.74, 6) is -0.0662. The van der Waals surface area contributed by atoms with E-state index in [1.54, 1.807) is 18.5 Å². The lowest BCUT2D eigenvalue weighted by Gasteiger charge is -2.32. The van der Waals surface area contributed by atoms with E-state index in [1.807, 2.05) is 11.0 Å². The summed E-state index contributed by atoms with van der Waals surface area (Å²) in [7, 11) is 0. The van der Waals surface area contributed by atoms with Crippen LogP contribution >= 0.6 is 15.9 Å². The molecular formula is C21H15BrFN7O2. The largest absolute Gasteiger partial charge is 0.487 e. The lowest BCUT2D eigenvalue weighted by atomic mass is 10.1. The highest BCUT2D eigenvalue weighted by Gasteiger charge is 2.24. The number of benzene rings is 1. The fourth-order valence-electron chi connectivity index (χ4n) is 3.34. The van der Waals surface area contributed by atoms with Gasteiger partial charge in [-0.05, 0) is 28.1 Å². The van der Waals surface area contributed by atoms with E-state index in [2.05, 4.69) is 31.0 Å². The highest BCUT2D eigenvalue weighted by Crippen LogP contribution is 2.23. The highest BCUT2D eigenvalue weighted by molar-refractivity contribution is 9.10. The summed E-state index contributed by atoms with van der Waals surface area (Å²) in [6, 6.07) is 8.47. The Labute approximate surface area is 190 Å². The average Bonchev–Trinajstić information content (AvgIpc) is 2.80. The van der Waals surface area contributed by atoms with E-state index < -0.39 is 11.4 Å². The van der Waals surface area contributed by atoms with Crippen LogP contribution in [0.25, 0.3) is 5.69 Å². The Hall–Kier alpha value is -3.83. The second-order valence-corrected chi connectivity index (χ2v) is 7.92. The summed E-state index contributed by atoms with van der Waals surface area (Å²) in [6.07, 6.45) is 4.45. The predicted octanol–water partition coefficient (Wildman–Crippen LogP) is 2.72.